The lowest BCUT2D eigenvalue weighted by Crippen LogP contribution is -2.65. The Bertz CT molecular complexity index is 677. The van der Waals surface area contributed by atoms with Crippen molar-refractivity contribution in [3.8, 4) is 0 Å². The third-order valence-corrected chi connectivity index (χ3v) is 10.4. The van der Waals surface area contributed by atoms with Crippen molar-refractivity contribution >= 4 is 0 Å². The molecule has 9 fully saturated rings. The zero-order valence-electron chi connectivity index (χ0n) is 13.9. The van der Waals surface area contributed by atoms with E-state index >= 15 is 0 Å². The van der Waals surface area contributed by atoms with Crippen LogP contribution in [0.4, 0.5) is 0 Å². The van der Waals surface area contributed by atoms with E-state index in [1.54, 1.807) is 0 Å². The molecule has 2 spiro atoms. The van der Waals surface area contributed by atoms with Gasteiger partial charge < -0.3 is 10.2 Å². The molecule has 23 heavy (non-hydrogen) atoms. The minimum atomic E-state index is -0.295. The van der Waals surface area contributed by atoms with Crippen LogP contribution in [0.5, 0.6) is 0 Å². The van der Waals surface area contributed by atoms with E-state index in [0.29, 0.717) is 41.2 Å². The van der Waals surface area contributed by atoms with Crippen molar-refractivity contribution in [2.45, 2.75) is 63.3 Å². The SMILES string of the molecule is C=C1[C@H]2CC3[C@H]4N5C[C@]6(C)CC[C@@H](O)C47[C@@H]6[C@@H]5C[C@]3([C@@H]1O)[C@H]7C2. The van der Waals surface area contributed by atoms with Gasteiger partial charge in [0.2, 0.25) is 0 Å². The lowest BCUT2D eigenvalue weighted by molar-refractivity contribution is -0.194. The number of aliphatic hydroxyl groups excluding tert-OH is 2. The van der Waals surface area contributed by atoms with Crippen molar-refractivity contribution in [2.24, 2.45) is 39.9 Å². The number of hydrogen-bond acceptors (Lipinski definition) is 3. The van der Waals surface area contributed by atoms with E-state index in [1.165, 1.54) is 32.2 Å². The van der Waals surface area contributed by atoms with Crippen molar-refractivity contribution in [3.05, 3.63) is 12.2 Å². The minimum absolute atomic E-state index is 0.0672. The van der Waals surface area contributed by atoms with Gasteiger partial charge in [-0.05, 0) is 66.8 Å². The van der Waals surface area contributed by atoms with E-state index in [0.717, 1.165) is 12.0 Å². The van der Waals surface area contributed by atoms with Gasteiger partial charge in [0.1, 0.15) is 0 Å². The van der Waals surface area contributed by atoms with E-state index in [9.17, 15) is 10.2 Å². The van der Waals surface area contributed by atoms with Gasteiger partial charge in [0.15, 0.2) is 0 Å². The molecule has 3 unspecified atom stereocenters. The lowest BCUT2D eigenvalue weighted by Gasteiger charge is -2.65. The summed E-state index contributed by atoms with van der Waals surface area (Å²) in [6.07, 6.45) is 5.38. The predicted octanol–water partition coefficient (Wildman–Crippen LogP) is 1.79. The Morgan fingerprint density at radius 1 is 1.26 bits per heavy atom. The molecule has 0 radical (unpaired) electrons. The average molecular weight is 313 g/mol. The van der Waals surface area contributed by atoms with Crippen molar-refractivity contribution in [1.82, 2.24) is 4.90 Å². The molecule has 9 bridgehead atoms. The number of nitrogens with zero attached hydrogens (tertiary/aromatic N) is 1. The second-order valence-electron chi connectivity index (χ2n) is 10.5. The van der Waals surface area contributed by atoms with Crippen molar-refractivity contribution in [2.75, 3.05) is 6.54 Å². The second-order valence-corrected chi connectivity index (χ2v) is 10.5. The molecule has 0 aromatic rings. The molecule has 0 aromatic carbocycles. The number of fused-ring (bicyclic) bond motifs is 1. The van der Waals surface area contributed by atoms with Gasteiger partial charge in [-0.1, -0.05) is 13.5 Å². The van der Waals surface area contributed by atoms with E-state index in [-0.39, 0.29) is 23.0 Å². The van der Waals surface area contributed by atoms with Crippen LogP contribution in [0, 0.1) is 39.9 Å². The molecular formula is C20H27NO2. The van der Waals surface area contributed by atoms with Gasteiger partial charge in [0, 0.05) is 29.5 Å². The van der Waals surface area contributed by atoms with Crippen LogP contribution in [0.25, 0.3) is 0 Å². The molecular weight excluding hydrogens is 286 g/mol. The van der Waals surface area contributed by atoms with E-state index in [1.807, 2.05) is 0 Å². The molecule has 9 rings (SSSR count). The summed E-state index contributed by atoms with van der Waals surface area (Å²) < 4.78 is 0. The molecule has 3 nitrogen and oxygen atoms in total. The molecule has 3 aliphatic heterocycles. The summed E-state index contributed by atoms with van der Waals surface area (Å²) in [6, 6.07) is 1.19. The van der Waals surface area contributed by atoms with Crippen LogP contribution in [-0.2, 0) is 0 Å². The summed E-state index contributed by atoms with van der Waals surface area (Å²) in [7, 11) is 0. The van der Waals surface area contributed by atoms with E-state index in [2.05, 4.69) is 18.4 Å². The van der Waals surface area contributed by atoms with E-state index < -0.39 is 0 Å². The molecule has 12 atom stereocenters. The molecule has 3 saturated heterocycles. The normalized spacial score (nSPS) is 75.6. The van der Waals surface area contributed by atoms with Gasteiger partial charge in [-0.2, -0.15) is 0 Å². The molecule has 6 saturated carbocycles. The molecule has 0 amide bonds. The largest absolute Gasteiger partial charge is 0.392 e. The first-order valence-corrected chi connectivity index (χ1v) is 9.77. The van der Waals surface area contributed by atoms with Crippen molar-refractivity contribution in [3.63, 3.8) is 0 Å². The topological polar surface area (TPSA) is 43.7 Å². The highest BCUT2D eigenvalue weighted by Crippen LogP contribution is 2.86. The van der Waals surface area contributed by atoms with E-state index in [4.69, 9.17) is 0 Å². The average Bonchev–Trinajstić information content (AvgIpc) is 2.94. The summed E-state index contributed by atoms with van der Waals surface area (Å²) in [5.74, 6) is 2.36. The van der Waals surface area contributed by atoms with Crippen LogP contribution in [0.1, 0.15) is 39.0 Å². The van der Waals surface area contributed by atoms with Crippen molar-refractivity contribution < 1.29 is 10.2 Å². The zero-order valence-corrected chi connectivity index (χ0v) is 13.9. The number of piperidine rings is 2. The quantitative estimate of drug-likeness (QED) is 0.670. The number of rotatable bonds is 0. The van der Waals surface area contributed by atoms with Crippen molar-refractivity contribution in [1.29, 1.82) is 0 Å². The predicted molar refractivity (Wildman–Crippen MR) is 85.5 cm³/mol. The molecule has 0 aromatic heterocycles. The summed E-state index contributed by atoms with van der Waals surface area (Å²) >= 11 is 0. The summed E-state index contributed by atoms with van der Waals surface area (Å²) in [5.41, 5.74) is 1.72. The Kier molecular flexibility index (Phi) is 1.79. The first-order chi connectivity index (χ1) is 11.0. The highest BCUT2D eigenvalue weighted by molar-refractivity contribution is 5.43. The van der Waals surface area contributed by atoms with Gasteiger partial charge in [-0.25, -0.2) is 0 Å². The molecule has 3 heterocycles. The van der Waals surface area contributed by atoms with Crippen LogP contribution < -0.4 is 0 Å². The Balaban J connectivity index is 1.54. The zero-order chi connectivity index (χ0) is 15.5. The summed E-state index contributed by atoms with van der Waals surface area (Å²) in [4.78, 5) is 2.83. The van der Waals surface area contributed by atoms with Gasteiger partial charge in [-0.3, -0.25) is 4.90 Å². The molecule has 9 aliphatic rings. The first-order valence-electron chi connectivity index (χ1n) is 9.77. The van der Waals surface area contributed by atoms with Gasteiger partial charge in [-0.15, -0.1) is 0 Å². The highest BCUT2D eigenvalue weighted by atomic mass is 16.3. The van der Waals surface area contributed by atoms with Crippen LogP contribution in [-0.4, -0.2) is 45.9 Å². The highest BCUT2D eigenvalue weighted by Gasteiger charge is 2.89. The summed E-state index contributed by atoms with van der Waals surface area (Å²) in [5, 5.41) is 22.6. The van der Waals surface area contributed by atoms with Crippen LogP contribution in [0.3, 0.4) is 0 Å². The monoisotopic (exact) mass is 313 g/mol. The summed E-state index contributed by atoms with van der Waals surface area (Å²) in [6.45, 7) is 8.05. The first kappa shape index (κ1) is 12.9. The Morgan fingerprint density at radius 3 is 2.91 bits per heavy atom. The third kappa shape index (κ3) is 0.910. The maximum Gasteiger partial charge on any atom is 0.0813 e. The fourth-order valence-corrected chi connectivity index (χ4v) is 10.3. The lowest BCUT2D eigenvalue weighted by atomic mass is 9.40. The minimum Gasteiger partial charge on any atom is -0.392 e. The second kappa shape index (κ2) is 3.20. The fraction of sp³-hybridized carbons (Fsp3) is 0.900. The number of hydrogen-bond donors (Lipinski definition) is 2. The van der Waals surface area contributed by atoms with Gasteiger partial charge >= 0.3 is 0 Å². The fourth-order valence-electron chi connectivity index (χ4n) is 10.3. The third-order valence-electron chi connectivity index (χ3n) is 10.4. The smallest absolute Gasteiger partial charge is 0.0813 e. The molecule has 124 valence electrons. The van der Waals surface area contributed by atoms with Gasteiger partial charge in [0.05, 0.1) is 12.2 Å². The molecule has 6 aliphatic carbocycles. The standard InChI is InChI=1S/C20H27NO2/c1-9-10-5-11-16-20-13(6-10)19(11,17(9)23)7-12-15(20)18(2,8-21(12)16)4-3-14(20)22/h10-17,22-23H,1,3-8H2,2H3/t10-,11?,12-,13+,14+,15+,16+,17+,18-,19+,20?/m0/s1. The van der Waals surface area contributed by atoms with Crippen LogP contribution in [0.15, 0.2) is 12.2 Å². The number of aliphatic hydroxyl groups is 2. The Labute approximate surface area is 137 Å². The van der Waals surface area contributed by atoms with Gasteiger partial charge in [0.25, 0.3) is 0 Å². The van der Waals surface area contributed by atoms with Crippen LogP contribution >= 0.6 is 0 Å². The molecule has 3 heteroatoms. The molecule has 2 N–H and O–H groups in total. The maximum atomic E-state index is 11.3. The Morgan fingerprint density at radius 2 is 2.09 bits per heavy atom. The van der Waals surface area contributed by atoms with Crippen LogP contribution in [0.2, 0.25) is 0 Å². The Hall–Kier alpha value is -0.380. The maximum absolute atomic E-state index is 11.3.